The fourth-order valence-corrected chi connectivity index (χ4v) is 6.61. The Labute approximate surface area is 242 Å². The topological polar surface area (TPSA) is 52.0 Å². The Hall–Kier alpha value is -0.0800. The van der Waals surface area contributed by atoms with Gasteiger partial charge < -0.3 is 11.5 Å². The third-order valence-electron chi connectivity index (χ3n) is 9.50. The number of hydrogen-bond donors (Lipinski definition) is 2. The summed E-state index contributed by atoms with van der Waals surface area (Å²) in [6.45, 7) is 9.33. The molecule has 0 aromatic rings. The van der Waals surface area contributed by atoms with Crippen LogP contribution in [0.3, 0.4) is 0 Å². The second-order valence-electron chi connectivity index (χ2n) is 13.1. The van der Waals surface area contributed by atoms with Gasteiger partial charge in [0.1, 0.15) is 0 Å². The number of nitrogens with two attached hydrogens (primary N) is 2. The van der Waals surface area contributed by atoms with Crippen molar-refractivity contribution in [3.63, 3.8) is 0 Å². The second kappa shape index (κ2) is 28.4. The summed E-state index contributed by atoms with van der Waals surface area (Å²) in [5.41, 5.74) is 13.5. The van der Waals surface area contributed by atoms with Crippen LogP contribution in [0.2, 0.25) is 0 Å². The van der Waals surface area contributed by atoms with Crippen LogP contribution in [-0.4, -0.2) is 6.17 Å². The van der Waals surface area contributed by atoms with Gasteiger partial charge in [-0.2, -0.15) is 0 Å². The molecule has 38 heavy (non-hydrogen) atoms. The van der Waals surface area contributed by atoms with E-state index in [0.717, 1.165) is 5.92 Å². The molecule has 2 heteroatoms. The fourth-order valence-electron chi connectivity index (χ4n) is 6.61. The summed E-state index contributed by atoms with van der Waals surface area (Å²) in [6.07, 6.45) is 39.8. The van der Waals surface area contributed by atoms with Crippen molar-refractivity contribution in [3.05, 3.63) is 0 Å². The maximum absolute atomic E-state index is 6.68. The second-order valence-corrected chi connectivity index (χ2v) is 13.1. The lowest BCUT2D eigenvalue weighted by atomic mass is 9.68. The average Bonchev–Trinajstić information content (AvgIpc) is 2.91. The van der Waals surface area contributed by atoms with Crippen LogP contribution in [0.1, 0.15) is 214 Å². The van der Waals surface area contributed by atoms with E-state index in [0.29, 0.717) is 0 Å². The van der Waals surface area contributed by atoms with Gasteiger partial charge in [-0.05, 0) is 30.6 Å². The molecule has 0 amide bonds. The Kier molecular flexibility index (Phi) is 28.4. The first-order chi connectivity index (χ1) is 18.6. The predicted octanol–water partition coefficient (Wildman–Crippen LogP) is 12.2. The van der Waals surface area contributed by atoms with E-state index in [1.54, 1.807) is 0 Å². The zero-order chi connectivity index (χ0) is 28.2. The average molecular weight is 537 g/mol. The van der Waals surface area contributed by atoms with E-state index in [1.165, 1.54) is 186 Å². The van der Waals surface area contributed by atoms with Gasteiger partial charge in [0.15, 0.2) is 0 Å². The van der Waals surface area contributed by atoms with Gasteiger partial charge in [-0.15, -0.1) is 0 Å². The fraction of sp³-hybridized carbons (Fsp3) is 1.00. The van der Waals surface area contributed by atoms with E-state index < -0.39 is 0 Å². The maximum atomic E-state index is 6.68. The first kappa shape index (κ1) is 37.9. The Balaban J connectivity index is 4.73. The Bertz CT molecular complexity index is 427. The molecule has 0 radical (unpaired) electrons. The minimum atomic E-state index is -0.163. The van der Waals surface area contributed by atoms with Crippen molar-refractivity contribution in [2.45, 2.75) is 220 Å². The molecule has 1 atom stereocenters. The zero-order valence-electron chi connectivity index (χ0n) is 27.3. The van der Waals surface area contributed by atoms with Crippen LogP contribution >= 0.6 is 0 Å². The van der Waals surface area contributed by atoms with Crippen molar-refractivity contribution in [1.29, 1.82) is 0 Å². The highest BCUT2D eigenvalue weighted by atomic mass is 14.9. The number of unbranched alkanes of at least 4 members (excludes halogenated alkanes) is 21. The van der Waals surface area contributed by atoms with Gasteiger partial charge in [-0.1, -0.05) is 195 Å². The highest BCUT2D eigenvalue weighted by Crippen LogP contribution is 2.41. The molecule has 0 aliphatic heterocycles. The zero-order valence-corrected chi connectivity index (χ0v) is 27.3. The minimum absolute atomic E-state index is 0.158. The summed E-state index contributed by atoms with van der Waals surface area (Å²) in [5.74, 6) is 0.799. The maximum Gasteiger partial charge on any atom is 0.0579 e. The molecule has 0 aromatic carbocycles. The lowest BCUT2D eigenvalue weighted by Crippen LogP contribution is -2.49. The third kappa shape index (κ3) is 21.7. The molecule has 2 nitrogen and oxygen atoms in total. The molecule has 0 saturated heterocycles. The van der Waals surface area contributed by atoms with Gasteiger partial charge in [-0.3, -0.25) is 0 Å². The Morgan fingerprint density at radius 1 is 0.421 bits per heavy atom. The molecule has 1 unspecified atom stereocenters. The van der Waals surface area contributed by atoms with E-state index in [1.807, 2.05) is 0 Å². The summed E-state index contributed by atoms with van der Waals surface area (Å²) >= 11 is 0. The molecule has 230 valence electrons. The van der Waals surface area contributed by atoms with Crippen molar-refractivity contribution in [2.75, 3.05) is 0 Å². The van der Waals surface area contributed by atoms with Gasteiger partial charge in [0.05, 0.1) is 6.17 Å². The third-order valence-corrected chi connectivity index (χ3v) is 9.50. The van der Waals surface area contributed by atoms with Crippen molar-refractivity contribution in [2.24, 2.45) is 22.8 Å². The molecule has 0 rings (SSSR count). The molecule has 0 fully saturated rings. The highest BCUT2D eigenvalue weighted by molar-refractivity contribution is 4.88. The molecule has 4 N–H and O–H groups in total. The Morgan fingerprint density at radius 3 is 1.05 bits per heavy atom. The minimum Gasteiger partial charge on any atom is -0.316 e. The van der Waals surface area contributed by atoms with Crippen molar-refractivity contribution < 1.29 is 0 Å². The summed E-state index contributed by atoms with van der Waals surface area (Å²) < 4.78 is 0. The van der Waals surface area contributed by atoms with E-state index in [2.05, 4.69) is 27.7 Å². The largest absolute Gasteiger partial charge is 0.316 e. The smallest absolute Gasteiger partial charge is 0.0579 e. The van der Waals surface area contributed by atoms with E-state index in [4.69, 9.17) is 11.5 Å². The molecular formula is C36H76N2. The standard InChI is InChI=1S/C36H76N2/c1-5-9-12-15-18-21-24-27-30-34(8-4)33-36(35(37)38,31-28-25-22-19-16-13-10-6-2)32-29-26-23-20-17-14-11-7-3/h34-35H,5-33,37-38H2,1-4H3. The number of rotatable bonds is 31. The van der Waals surface area contributed by atoms with Crippen LogP contribution in [-0.2, 0) is 0 Å². The van der Waals surface area contributed by atoms with Crippen molar-refractivity contribution in [3.8, 4) is 0 Å². The van der Waals surface area contributed by atoms with Crippen LogP contribution in [0, 0.1) is 11.3 Å². The van der Waals surface area contributed by atoms with Crippen molar-refractivity contribution >= 4 is 0 Å². The molecule has 0 bridgehead atoms. The van der Waals surface area contributed by atoms with E-state index in [-0.39, 0.29) is 11.6 Å². The van der Waals surface area contributed by atoms with Gasteiger partial charge in [0.25, 0.3) is 0 Å². The predicted molar refractivity (Wildman–Crippen MR) is 175 cm³/mol. The quantitative estimate of drug-likeness (QED) is 0.0683. The molecule has 0 aliphatic rings. The van der Waals surface area contributed by atoms with Gasteiger partial charge in [0.2, 0.25) is 0 Å². The SMILES string of the molecule is CCCCCCCCCCC(CC)CC(CCCCCCCCCC)(CCCCCCCCCC)C(N)N. The first-order valence-corrected chi connectivity index (χ1v) is 18.1. The molecule has 0 heterocycles. The molecule has 0 aliphatic carbocycles. The molecule has 0 saturated carbocycles. The highest BCUT2D eigenvalue weighted by Gasteiger charge is 2.35. The van der Waals surface area contributed by atoms with Crippen LogP contribution in [0.25, 0.3) is 0 Å². The van der Waals surface area contributed by atoms with Crippen LogP contribution in [0.4, 0.5) is 0 Å². The van der Waals surface area contributed by atoms with Crippen LogP contribution < -0.4 is 11.5 Å². The summed E-state index contributed by atoms with van der Waals surface area (Å²) in [5, 5.41) is 0. The first-order valence-electron chi connectivity index (χ1n) is 18.1. The molecule has 0 aromatic heterocycles. The normalized spacial score (nSPS) is 13.0. The molecule has 0 spiro atoms. The van der Waals surface area contributed by atoms with Crippen molar-refractivity contribution in [1.82, 2.24) is 0 Å². The van der Waals surface area contributed by atoms with Gasteiger partial charge in [-0.25, -0.2) is 0 Å². The summed E-state index contributed by atoms with van der Waals surface area (Å²) in [7, 11) is 0. The lowest BCUT2D eigenvalue weighted by molar-refractivity contribution is 0.121. The Morgan fingerprint density at radius 2 is 0.737 bits per heavy atom. The van der Waals surface area contributed by atoms with E-state index in [9.17, 15) is 0 Å². The van der Waals surface area contributed by atoms with Gasteiger partial charge in [0, 0.05) is 0 Å². The van der Waals surface area contributed by atoms with Gasteiger partial charge >= 0.3 is 0 Å². The van der Waals surface area contributed by atoms with Crippen LogP contribution in [0.5, 0.6) is 0 Å². The summed E-state index contributed by atoms with van der Waals surface area (Å²) in [4.78, 5) is 0. The number of hydrogen-bond acceptors (Lipinski definition) is 2. The molecular weight excluding hydrogens is 460 g/mol. The monoisotopic (exact) mass is 537 g/mol. The lowest BCUT2D eigenvalue weighted by Gasteiger charge is -2.40. The van der Waals surface area contributed by atoms with Crippen LogP contribution in [0.15, 0.2) is 0 Å². The van der Waals surface area contributed by atoms with E-state index >= 15 is 0 Å². The summed E-state index contributed by atoms with van der Waals surface area (Å²) in [6, 6.07) is 0.